The van der Waals surface area contributed by atoms with Crippen LogP contribution in [0.15, 0.2) is 41.2 Å². The molecule has 120 valence electrons. The van der Waals surface area contributed by atoms with E-state index in [-0.39, 0.29) is 5.43 Å². The molecule has 2 heteroatoms. The average molecular weight is 324 g/mol. The summed E-state index contributed by atoms with van der Waals surface area (Å²) < 4.78 is 2.30. The van der Waals surface area contributed by atoms with E-state index < -0.39 is 0 Å². The van der Waals surface area contributed by atoms with Gasteiger partial charge in [0.15, 0.2) is 5.43 Å². The van der Waals surface area contributed by atoms with Gasteiger partial charge in [-0.3, -0.25) is 4.79 Å². The fourth-order valence-corrected chi connectivity index (χ4v) is 4.31. The number of hydrogen-bond acceptors (Lipinski definition) is 2. The molecule has 3 rings (SSSR count). The van der Waals surface area contributed by atoms with Crippen LogP contribution in [0.5, 0.6) is 0 Å². The van der Waals surface area contributed by atoms with Gasteiger partial charge >= 0.3 is 0 Å². The lowest BCUT2D eigenvalue weighted by atomic mass is 9.99. The van der Waals surface area contributed by atoms with Gasteiger partial charge in [0, 0.05) is 20.2 Å². The number of hydrogen-bond donors (Lipinski definition) is 0. The van der Waals surface area contributed by atoms with Crippen molar-refractivity contribution in [1.29, 1.82) is 0 Å². The van der Waals surface area contributed by atoms with Crippen molar-refractivity contribution in [3.8, 4) is 0 Å². The third-order valence-corrected chi connectivity index (χ3v) is 5.69. The van der Waals surface area contributed by atoms with Crippen LogP contribution in [0.2, 0.25) is 0 Å². The van der Waals surface area contributed by atoms with Gasteiger partial charge in [0.1, 0.15) is 0 Å². The summed E-state index contributed by atoms with van der Waals surface area (Å²) in [6, 6.07) is 12.5. The molecule has 0 aliphatic carbocycles. The third-order valence-electron chi connectivity index (χ3n) is 4.43. The maximum Gasteiger partial charge on any atom is 0.195 e. The van der Waals surface area contributed by atoms with Crippen LogP contribution in [0.4, 0.5) is 0 Å². The fourth-order valence-electron chi connectivity index (χ4n) is 3.12. The lowest BCUT2D eigenvalue weighted by Gasteiger charge is -2.10. The van der Waals surface area contributed by atoms with Crippen LogP contribution in [0.1, 0.15) is 50.7 Å². The minimum absolute atomic E-state index is 0.199. The molecule has 23 heavy (non-hydrogen) atoms. The Kier molecular flexibility index (Phi) is 5.12. The lowest BCUT2D eigenvalue weighted by Crippen LogP contribution is -2.04. The molecular weight excluding hydrogens is 300 g/mol. The summed E-state index contributed by atoms with van der Waals surface area (Å²) in [5.74, 6) is 0. The zero-order chi connectivity index (χ0) is 16.2. The smallest absolute Gasteiger partial charge is 0.195 e. The molecule has 0 bridgehead atoms. The van der Waals surface area contributed by atoms with Crippen molar-refractivity contribution >= 4 is 31.5 Å². The average Bonchev–Trinajstić information content (AvgIpc) is 2.58. The molecule has 1 aromatic heterocycles. The van der Waals surface area contributed by atoms with Crippen molar-refractivity contribution in [2.24, 2.45) is 0 Å². The predicted octanol–water partition coefficient (Wildman–Crippen LogP) is 6.10. The first-order valence-electron chi connectivity index (χ1n) is 8.72. The monoisotopic (exact) mass is 324 g/mol. The molecule has 3 aromatic rings. The predicted molar refractivity (Wildman–Crippen MR) is 103 cm³/mol. The van der Waals surface area contributed by atoms with Crippen LogP contribution in [-0.2, 0) is 12.8 Å². The Bertz CT molecular complexity index is 876. The van der Waals surface area contributed by atoms with Crippen molar-refractivity contribution in [1.82, 2.24) is 0 Å². The van der Waals surface area contributed by atoms with Gasteiger partial charge in [0.25, 0.3) is 0 Å². The molecule has 0 radical (unpaired) electrons. The summed E-state index contributed by atoms with van der Waals surface area (Å²) in [5, 5.41) is 1.78. The Hall–Kier alpha value is -1.67. The van der Waals surface area contributed by atoms with E-state index in [0.29, 0.717) is 0 Å². The van der Waals surface area contributed by atoms with E-state index in [2.05, 4.69) is 32.0 Å². The lowest BCUT2D eigenvalue weighted by molar-refractivity contribution is 0.784. The molecule has 1 heterocycles. The van der Waals surface area contributed by atoms with E-state index in [1.807, 2.05) is 18.2 Å². The van der Waals surface area contributed by atoms with Crippen LogP contribution in [0.3, 0.4) is 0 Å². The van der Waals surface area contributed by atoms with Crippen LogP contribution >= 0.6 is 11.3 Å². The van der Waals surface area contributed by atoms with Crippen molar-refractivity contribution < 1.29 is 0 Å². The Morgan fingerprint density at radius 1 is 0.913 bits per heavy atom. The molecule has 1 nitrogen and oxygen atoms in total. The van der Waals surface area contributed by atoms with E-state index in [9.17, 15) is 4.79 Å². The number of benzene rings is 2. The van der Waals surface area contributed by atoms with Gasteiger partial charge in [-0.05, 0) is 55.0 Å². The fraction of sp³-hybridized carbons (Fsp3) is 0.381. The molecule has 0 amide bonds. The molecule has 0 unspecified atom stereocenters. The second-order valence-electron chi connectivity index (χ2n) is 6.27. The molecule has 0 saturated carbocycles. The highest BCUT2D eigenvalue weighted by Crippen LogP contribution is 2.30. The van der Waals surface area contributed by atoms with Crippen molar-refractivity contribution in [2.45, 2.75) is 52.4 Å². The number of unbranched alkanes of at least 4 members (excludes halogenated alkanes) is 2. The number of aryl methyl sites for hydroxylation is 2. The Morgan fingerprint density at radius 3 is 2.43 bits per heavy atom. The molecule has 0 aliphatic rings. The topological polar surface area (TPSA) is 17.1 Å². The molecule has 2 aromatic carbocycles. The van der Waals surface area contributed by atoms with Gasteiger partial charge in [-0.25, -0.2) is 0 Å². The molecular formula is C21H24OS. The highest BCUT2D eigenvalue weighted by Gasteiger charge is 2.11. The third kappa shape index (κ3) is 3.32. The van der Waals surface area contributed by atoms with Gasteiger partial charge in [-0.1, -0.05) is 44.9 Å². The van der Waals surface area contributed by atoms with E-state index in [1.54, 1.807) is 11.3 Å². The highest BCUT2D eigenvalue weighted by atomic mass is 32.1. The normalized spacial score (nSPS) is 11.4. The first-order chi connectivity index (χ1) is 11.2. The molecule has 0 spiro atoms. The molecule has 0 aliphatic heterocycles. The van der Waals surface area contributed by atoms with Crippen molar-refractivity contribution in [3.63, 3.8) is 0 Å². The van der Waals surface area contributed by atoms with Crippen LogP contribution in [0, 0.1) is 0 Å². The minimum Gasteiger partial charge on any atom is -0.289 e. The quantitative estimate of drug-likeness (QED) is 0.501. The second-order valence-corrected chi connectivity index (χ2v) is 7.32. The Morgan fingerprint density at radius 2 is 1.65 bits per heavy atom. The molecule has 0 atom stereocenters. The van der Waals surface area contributed by atoms with E-state index in [1.165, 1.54) is 41.5 Å². The van der Waals surface area contributed by atoms with Crippen LogP contribution in [-0.4, -0.2) is 0 Å². The van der Waals surface area contributed by atoms with Gasteiger partial charge in [0.05, 0.1) is 0 Å². The summed E-state index contributed by atoms with van der Waals surface area (Å²) in [4.78, 5) is 12.9. The van der Waals surface area contributed by atoms with Crippen LogP contribution < -0.4 is 5.43 Å². The van der Waals surface area contributed by atoms with Gasteiger partial charge in [0.2, 0.25) is 0 Å². The zero-order valence-electron chi connectivity index (χ0n) is 14.0. The van der Waals surface area contributed by atoms with E-state index in [0.717, 1.165) is 28.3 Å². The van der Waals surface area contributed by atoms with Crippen molar-refractivity contribution in [2.75, 3.05) is 0 Å². The standard InChI is InChI=1S/C21H24OS/c1-3-5-9-15-13-16(10-6-4-2)21-18(14-15)20(22)17-11-7-8-12-19(17)23-21/h7-8,11-14H,3-6,9-10H2,1-2H3. The Labute approximate surface area is 142 Å². The van der Waals surface area contributed by atoms with Gasteiger partial charge in [-0.15, -0.1) is 11.3 Å². The summed E-state index contributed by atoms with van der Waals surface area (Å²) >= 11 is 1.78. The maximum atomic E-state index is 12.9. The number of rotatable bonds is 6. The molecule has 0 saturated heterocycles. The summed E-state index contributed by atoms with van der Waals surface area (Å²) in [5.41, 5.74) is 2.89. The Balaban J connectivity index is 2.25. The van der Waals surface area contributed by atoms with Crippen LogP contribution in [0.25, 0.3) is 20.2 Å². The first-order valence-corrected chi connectivity index (χ1v) is 9.53. The van der Waals surface area contributed by atoms with Gasteiger partial charge < -0.3 is 0 Å². The van der Waals surface area contributed by atoms with Gasteiger partial charge in [-0.2, -0.15) is 0 Å². The number of fused-ring (bicyclic) bond motifs is 2. The minimum atomic E-state index is 0.199. The zero-order valence-corrected chi connectivity index (χ0v) is 14.8. The summed E-state index contributed by atoms with van der Waals surface area (Å²) in [7, 11) is 0. The summed E-state index contributed by atoms with van der Waals surface area (Å²) in [6.45, 7) is 4.44. The van der Waals surface area contributed by atoms with E-state index in [4.69, 9.17) is 0 Å². The SMILES string of the molecule is CCCCc1cc(CCCC)c2sc3ccccc3c(=O)c2c1. The largest absolute Gasteiger partial charge is 0.289 e. The highest BCUT2D eigenvalue weighted by molar-refractivity contribution is 7.24. The van der Waals surface area contributed by atoms with Crippen molar-refractivity contribution in [3.05, 3.63) is 57.7 Å². The first kappa shape index (κ1) is 16.2. The molecule has 0 fully saturated rings. The maximum absolute atomic E-state index is 12.9. The molecule has 0 N–H and O–H groups in total. The van der Waals surface area contributed by atoms with E-state index >= 15 is 0 Å². The second kappa shape index (κ2) is 7.27. The summed E-state index contributed by atoms with van der Waals surface area (Å²) in [6.07, 6.45) is 6.88.